The normalized spacial score (nSPS) is 10.5. The van der Waals surface area contributed by atoms with E-state index < -0.39 is 6.09 Å². The van der Waals surface area contributed by atoms with Crippen molar-refractivity contribution in [1.82, 2.24) is 0 Å². The molecule has 2 aromatic carbocycles. The number of halogens is 1. The van der Waals surface area contributed by atoms with Gasteiger partial charge in [-0.1, -0.05) is 19.1 Å². The van der Waals surface area contributed by atoms with Crippen LogP contribution in [0.1, 0.15) is 29.2 Å². The van der Waals surface area contributed by atoms with Crippen LogP contribution in [0.5, 0.6) is 5.75 Å². The Labute approximate surface area is 156 Å². The standard InChI is InChI=1S/C19H22BrNO4/c1-5-14-7-6-8-17(21(23)19(22)24-4)15(14)11-25-18-10-13(3)12(2)9-16(18)20/h6-10,23H,5,11H2,1-4H3. The molecule has 1 amide bonds. The predicted molar refractivity (Wildman–Crippen MR) is 100 cm³/mol. The van der Waals surface area contributed by atoms with Crippen molar-refractivity contribution in [3.63, 3.8) is 0 Å². The molecule has 0 atom stereocenters. The van der Waals surface area contributed by atoms with Crippen molar-refractivity contribution in [2.24, 2.45) is 0 Å². The molecule has 0 saturated heterocycles. The van der Waals surface area contributed by atoms with Crippen molar-refractivity contribution in [1.29, 1.82) is 0 Å². The van der Waals surface area contributed by atoms with Crippen LogP contribution in [0, 0.1) is 13.8 Å². The minimum atomic E-state index is -0.845. The number of hydrogen-bond donors (Lipinski definition) is 1. The average molecular weight is 408 g/mol. The van der Waals surface area contributed by atoms with Crippen molar-refractivity contribution >= 4 is 27.7 Å². The van der Waals surface area contributed by atoms with Gasteiger partial charge in [0.15, 0.2) is 0 Å². The van der Waals surface area contributed by atoms with Gasteiger partial charge in [-0.2, -0.15) is 5.06 Å². The molecule has 0 bridgehead atoms. The summed E-state index contributed by atoms with van der Waals surface area (Å²) in [6.45, 7) is 6.28. The van der Waals surface area contributed by atoms with Gasteiger partial charge in [0.25, 0.3) is 0 Å². The van der Waals surface area contributed by atoms with Gasteiger partial charge in [-0.3, -0.25) is 5.21 Å². The first-order valence-corrected chi connectivity index (χ1v) is 8.75. The number of methoxy groups -OCH3 is 1. The van der Waals surface area contributed by atoms with Crippen LogP contribution in [0.4, 0.5) is 10.5 Å². The maximum absolute atomic E-state index is 11.7. The molecule has 6 heteroatoms. The SMILES string of the molecule is CCc1cccc(N(O)C(=O)OC)c1COc1cc(C)c(C)cc1Br. The fraction of sp³-hybridized carbons (Fsp3) is 0.316. The second-order valence-electron chi connectivity index (χ2n) is 5.71. The fourth-order valence-electron chi connectivity index (χ4n) is 2.52. The molecular weight excluding hydrogens is 386 g/mol. The summed E-state index contributed by atoms with van der Waals surface area (Å²) in [6.07, 6.45) is -0.0998. The Morgan fingerprint density at radius 3 is 2.56 bits per heavy atom. The summed E-state index contributed by atoms with van der Waals surface area (Å²) < 4.78 is 11.4. The summed E-state index contributed by atoms with van der Waals surface area (Å²) in [4.78, 5) is 11.7. The number of ether oxygens (including phenoxy) is 2. The number of amides is 1. The minimum Gasteiger partial charge on any atom is -0.488 e. The van der Waals surface area contributed by atoms with Crippen LogP contribution in [0.25, 0.3) is 0 Å². The summed E-state index contributed by atoms with van der Waals surface area (Å²) in [6, 6.07) is 9.36. The molecule has 2 aromatic rings. The Morgan fingerprint density at radius 1 is 1.24 bits per heavy atom. The van der Waals surface area contributed by atoms with E-state index in [1.807, 2.05) is 39.0 Å². The molecule has 5 nitrogen and oxygen atoms in total. The van der Waals surface area contributed by atoms with Crippen LogP contribution in [0.2, 0.25) is 0 Å². The van der Waals surface area contributed by atoms with Crippen LogP contribution in [0.15, 0.2) is 34.8 Å². The van der Waals surface area contributed by atoms with Crippen molar-refractivity contribution in [3.05, 3.63) is 57.1 Å². The van der Waals surface area contributed by atoms with Gasteiger partial charge in [0.1, 0.15) is 12.4 Å². The van der Waals surface area contributed by atoms with Gasteiger partial charge in [0.2, 0.25) is 0 Å². The summed E-state index contributed by atoms with van der Waals surface area (Å²) in [5.74, 6) is 0.711. The predicted octanol–water partition coefficient (Wildman–Crippen LogP) is 5.17. The molecular formula is C19H22BrNO4. The molecule has 0 aliphatic rings. The largest absolute Gasteiger partial charge is 0.488 e. The van der Waals surface area contributed by atoms with Gasteiger partial charge >= 0.3 is 6.09 Å². The average Bonchev–Trinajstić information content (AvgIpc) is 2.61. The lowest BCUT2D eigenvalue weighted by atomic mass is 10.0. The van der Waals surface area contributed by atoms with Crippen LogP contribution in [0.3, 0.4) is 0 Å². The van der Waals surface area contributed by atoms with E-state index >= 15 is 0 Å². The first-order chi connectivity index (χ1) is 11.9. The lowest BCUT2D eigenvalue weighted by Gasteiger charge is -2.20. The second kappa shape index (κ2) is 8.36. The van der Waals surface area contributed by atoms with Gasteiger partial charge < -0.3 is 9.47 Å². The van der Waals surface area contributed by atoms with E-state index in [2.05, 4.69) is 20.7 Å². The van der Waals surface area contributed by atoms with E-state index in [9.17, 15) is 10.0 Å². The zero-order valence-electron chi connectivity index (χ0n) is 14.8. The van der Waals surface area contributed by atoms with Crippen molar-refractivity contribution in [2.45, 2.75) is 33.8 Å². The molecule has 0 heterocycles. The van der Waals surface area contributed by atoms with E-state index in [1.54, 1.807) is 12.1 Å². The maximum atomic E-state index is 11.7. The van der Waals surface area contributed by atoms with Gasteiger partial charge in [-0.15, -0.1) is 0 Å². The second-order valence-corrected chi connectivity index (χ2v) is 6.56. The van der Waals surface area contributed by atoms with Crippen LogP contribution >= 0.6 is 15.9 Å². The first-order valence-electron chi connectivity index (χ1n) is 7.96. The van der Waals surface area contributed by atoms with Crippen LogP contribution in [-0.4, -0.2) is 18.4 Å². The summed E-state index contributed by atoms with van der Waals surface area (Å²) >= 11 is 3.51. The molecule has 0 aliphatic carbocycles. The van der Waals surface area contributed by atoms with E-state index in [0.29, 0.717) is 16.5 Å². The molecule has 2 rings (SSSR count). The Kier molecular flexibility index (Phi) is 6.45. The zero-order chi connectivity index (χ0) is 18.6. The van der Waals surface area contributed by atoms with Gasteiger partial charge in [0, 0.05) is 5.56 Å². The lowest BCUT2D eigenvalue weighted by molar-refractivity contribution is 0.140. The highest BCUT2D eigenvalue weighted by atomic mass is 79.9. The summed E-state index contributed by atoms with van der Waals surface area (Å²) in [5.41, 5.74) is 4.37. The quantitative estimate of drug-likeness (QED) is 0.548. The molecule has 0 fully saturated rings. The first kappa shape index (κ1) is 19.3. The highest BCUT2D eigenvalue weighted by molar-refractivity contribution is 9.10. The maximum Gasteiger partial charge on any atom is 0.438 e. The number of hydrogen-bond acceptors (Lipinski definition) is 4. The highest BCUT2D eigenvalue weighted by Gasteiger charge is 2.19. The van der Waals surface area contributed by atoms with E-state index in [1.165, 1.54) is 12.7 Å². The molecule has 0 aliphatic heterocycles. The molecule has 1 N–H and O–H groups in total. The number of benzene rings is 2. The molecule has 0 aromatic heterocycles. The monoisotopic (exact) mass is 407 g/mol. The number of hydroxylamine groups is 1. The Hall–Kier alpha value is -2.05. The Bertz CT molecular complexity index is 776. The minimum absolute atomic E-state index is 0.217. The topological polar surface area (TPSA) is 59.0 Å². The number of anilines is 1. The van der Waals surface area contributed by atoms with Crippen LogP contribution < -0.4 is 9.80 Å². The summed E-state index contributed by atoms with van der Waals surface area (Å²) in [5, 5.41) is 10.6. The number of aryl methyl sites for hydroxylation is 3. The molecule has 134 valence electrons. The van der Waals surface area contributed by atoms with Crippen molar-refractivity contribution in [3.8, 4) is 5.75 Å². The number of carbonyl (C=O) groups is 1. The fourth-order valence-corrected chi connectivity index (χ4v) is 3.09. The third kappa shape index (κ3) is 4.32. The zero-order valence-corrected chi connectivity index (χ0v) is 16.4. The Balaban J connectivity index is 2.35. The number of nitrogens with zero attached hydrogens (tertiary/aromatic N) is 1. The van der Waals surface area contributed by atoms with E-state index in [-0.39, 0.29) is 6.61 Å². The number of rotatable bonds is 5. The molecule has 0 unspecified atom stereocenters. The van der Waals surface area contributed by atoms with Crippen LogP contribution in [-0.2, 0) is 17.8 Å². The van der Waals surface area contributed by atoms with Gasteiger partial charge in [-0.05, 0) is 71.1 Å². The third-order valence-electron chi connectivity index (χ3n) is 4.13. The third-order valence-corrected chi connectivity index (χ3v) is 4.74. The molecule has 0 saturated carbocycles. The highest BCUT2D eigenvalue weighted by Crippen LogP contribution is 2.31. The van der Waals surface area contributed by atoms with E-state index in [4.69, 9.17) is 4.74 Å². The molecule has 0 radical (unpaired) electrons. The van der Waals surface area contributed by atoms with Crippen molar-refractivity contribution < 1.29 is 19.5 Å². The lowest BCUT2D eigenvalue weighted by Crippen LogP contribution is -2.28. The smallest absolute Gasteiger partial charge is 0.438 e. The number of carbonyl (C=O) groups excluding carboxylic acids is 1. The Morgan fingerprint density at radius 2 is 1.92 bits per heavy atom. The van der Waals surface area contributed by atoms with E-state index in [0.717, 1.165) is 27.6 Å². The molecule has 0 spiro atoms. The summed E-state index contributed by atoms with van der Waals surface area (Å²) in [7, 11) is 1.22. The van der Waals surface area contributed by atoms with Gasteiger partial charge in [-0.25, -0.2) is 4.79 Å². The molecule has 25 heavy (non-hydrogen) atoms. The van der Waals surface area contributed by atoms with Gasteiger partial charge in [0.05, 0.1) is 17.3 Å². The van der Waals surface area contributed by atoms with Crippen molar-refractivity contribution in [2.75, 3.05) is 12.2 Å².